The molecule has 3 saturated carbocycles. The fraction of sp³-hybridized carbons (Fsp3) is 0.750. The number of aliphatic hydroxyl groups is 1. The number of ketones is 1. The van der Waals surface area contributed by atoms with Crippen LogP contribution in [0.1, 0.15) is 58.3 Å². The van der Waals surface area contributed by atoms with Crippen molar-refractivity contribution in [3.8, 4) is 0 Å². The molecule has 0 saturated heterocycles. The molecule has 0 spiro atoms. The number of allylic oxidation sites excluding steroid dienone is 2. The van der Waals surface area contributed by atoms with Gasteiger partial charge in [0.25, 0.3) is 0 Å². The Balaban J connectivity index is 1.64. The van der Waals surface area contributed by atoms with E-state index in [1.54, 1.807) is 0 Å². The van der Waals surface area contributed by atoms with Crippen LogP contribution >= 0.6 is 11.6 Å². The summed E-state index contributed by atoms with van der Waals surface area (Å²) in [6.07, 6.45) is 10.9. The van der Waals surface area contributed by atoms with E-state index < -0.39 is 0 Å². The van der Waals surface area contributed by atoms with E-state index in [1.807, 2.05) is 0 Å². The van der Waals surface area contributed by atoms with Gasteiger partial charge in [-0.05, 0) is 79.6 Å². The van der Waals surface area contributed by atoms with Crippen LogP contribution in [0, 0.1) is 29.1 Å². The van der Waals surface area contributed by atoms with Crippen LogP contribution in [0.3, 0.4) is 0 Å². The van der Waals surface area contributed by atoms with Gasteiger partial charge < -0.3 is 5.11 Å². The number of hydrogen-bond donors (Lipinski definition) is 1. The van der Waals surface area contributed by atoms with Gasteiger partial charge in [0, 0.05) is 6.42 Å². The van der Waals surface area contributed by atoms with E-state index in [4.69, 9.17) is 11.6 Å². The van der Waals surface area contributed by atoms with Gasteiger partial charge in [-0.25, -0.2) is 0 Å². The summed E-state index contributed by atoms with van der Waals surface area (Å²) in [4.78, 5) is 11.9. The number of carbonyl (C=O) groups is 1. The van der Waals surface area contributed by atoms with Crippen LogP contribution in [0.2, 0.25) is 0 Å². The van der Waals surface area contributed by atoms with Gasteiger partial charge in [0.15, 0.2) is 5.78 Å². The molecule has 2 nitrogen and oxygen atoms in total. The van der Waals surface area contributed by atoms with Crippen molar-refractivity contribution in [1.82, 2.24) is 0 Å². The predicted molar refractivity (Wildman–Crippen MR) is 92.1 cm³/mol. The third-order valence-electron chi connectivity index (χ3n) is 7.60. The number of aliphatic hydroxyl groups excluding tert-OH is 1. The van der Waals surface area contributed by atoms with Crippen molar-refractivity contribution in [2.24, 2.45) is 29.1 Å². The third-order valence-corrected chi connectivity index (χ3v) is 8.05. The number of rotatable bonds is 1. The van der Waals surface area contributed by atoms with Crippen molar-refractivity contribution < 1.29 is 9.90 Å². The van der Waals surface area contributed by atoms with Crippen LogP contribution in [0.4, 0.5) is 0 Å². The lowest BCUT2D eigenvalue weighted by atomic mass is 9.52. The molecule has 1 N–H and O–H groups in total. The Labute approximate surface area is 144 Å². The zero-order valence-corrected chi connectivity index (χ0v) is 14.7. The smallest absolute Gasteiger partial charge is 0.174 e. The summed E-state index contributed by atoms with van der Waals surface area (Å²) >= 11 is 6.37. The number of halogens is 1. The SMILES string of the molecule is C[C@]12CC[C@H]3[C@@H](CCC4=C(Cl)C(=O)CC[C@@H]43)[C@@H]1CC/C2=C/CO. The molecule has 23 heavy (non-hydrogen) atoms. The first kappa shape index (κ1) is 15.9. The van der Waals surface area contributed by atoms with Crippen LogP contribution < -0.4 is 0 Å². The molecule has 0 heterocycles. The van der Waals surface area contributed by atoms with Gasteiger partial charge in [-0.15, -0.1) is 0 Å². The molecule has 3 fully saturated rings. The Kier molecular flexibility index (Phi) is 3.97. The molecule has 0 amide bonds. The van der Waals surface area contributed by atoms with E-state index in [1.165, 1.54) is 36.8 Å². The van der Waals surface area contributed by atoms with E-state index in [0.717, 1.165) is 37.0 Å². The summed E-state index contributed by atoms with van der Waals surface area (Å²) in [5.74, 6) is 3.01. The van der Waals surface area contributed by atoms with Gasteiger partial charge in [-0.3, -0.25) is 4.79 Å². The van der Waals surface area contributed by atoms with Gasteiger partial charge in [0.05, 0.1) is 11.6 Å². The van der Waals surface area contributed by atoms with Crippen LogP contribution in [0.25, 0.3) is 0 Å². The van der Waals surface area contributed by atoms with E-state index >= 15 is 0 Å². The van der Waals surface area contributed by atoms with Gasteiger partial charge in [-0.2, -0.15) is 0 Å². The van der Waals surface area contributed by atoms with Crippen molar-refractivity contribution in [3.05, 3.63) is 22.3 Å². The Hall–Kier alpha value is -0.600. The van der Waals surface area contributed by atoms with Gasteiger partial charge in [0.1, 0.15) is 0 Å². The maximum atomic E-state index is 11.9. The van der Waals surface area contributed by atoms with Crippen LogP contribution in [0.5, 0.6) is 0 Å². The summed E-state index contributed by atoms with van der Waals surface area (Å²) in [6, 6.07) is 0. The number of hydrogen-bond acceptors (Lipinski definition) is 2. The standard InChI is InChI=1S/C20H27ClO2/c1-20-10-8-14-13-5-7-18(23)19(21)16(13)4-3-15(14)17(20)6-2-12(20)9-11-22/h9,13-15,17,22H,2-8,10-11H2,1H3/b12-9-/t13-,14-,15-,17+,20-/m1/s1. The molecule has 0 unspecified atom stereocenters. The Bertz CT molecular complexity index is 590. The van der Waals surface area contributed by atoms with E-state index in [0.29, 0.717) is 22.8 Å². The Morgan fingerprint density at radius 3 is 2.78 bits per heavy atom. The normalized spacial score (nSPS) is 45.0. The number of fused-ring (bicyclic) bond motifs is 5. The summed E-state index contributed by atoms with van der Waals surface area (Å²) < 4.78 is 0. The second-order valence-corrected chi connectivity index (χ2v) is 8.67. The zero-order chi connectivity index (χ0) is 16.2. The molecular weight excluding hydrogens is 308 g/mol. The molecule has 0 aromatic rings. The van der Waals surface area contributed by atoms with E-state index in [-0.39, 0.29) is 12.4 Å². The zero-order valence-electron chi connectivity index (χ0n) is 14.0. The number of carbonyl (C=O) groups excluding carboxylic acids is 1. The summed E-state index contributed by atoms with van der Waals surface area (Å²) in [5.41, 5.74) is 3.10. The minimum absolute atomic E-state index is 0.172. The second kappa shape index (κ2) is 5.74. The quantitative estimate of drug-likeness (QED) is 0.711. The van der Waals surface area contributed by atoms with Crippen molar-refractivity contribution in [2.75, 3.05) is 6.61 Å². The van der Waals surface area contributed by atoms with Crippen molar-refractivity contribution >= 4 is 17.4 Å². The molecule has 0 aromatic heterocycles. The lowest BCUT2D eigenvalue weighted by molar-refractivity contribution is -0.116. The fourth-order valence-electron chi connectivity index (χ4n) is 6.53. The summed E-state index contributed by atoms with van der Waals surface area (Å²) in [6.45, 7) is 2.62. The minimum Gasteiger partial charge on any atom is -0.392 e. The third kappa shape index (κ3) is 2.28. The average Bonchev–Trinajstić information content (AvgIpc) is 2.88. The predicted octanol–water partition coefficient (Wildman–Crippen LogP) is 4.61. The molecule has 4 aliphatic carbocycles. The molecule has 4 aliphatic rings. The van der Waals surface area contributed by atoms with Crippen molar-refractivity contribution in [3.63, 3.8) is 0 Å². The lowest BCUT2D eigenvalue weighted by Crippen LogP contribution is -2.45. The molecule has 5 atom stereocenters. The second-order valence-electron chi connectivity index (χ2n) is 8.29. The van der Waals surface area contributed by atoms with Crippen LogP contribution in [-0.4, -0.2) is 17.5 Å². The van der Waals surface area contributed by atoms with E-state index in [2.05, 4.69) is 13.0 Å². The topological polar surface area (TPSA) is 37.3 Å². The molecule has 0 aliphatic heterocycles. The van der Waals surface area contributed by atoms with Crippen LogP contribution in [-0.2, 0) is 4.79 Å². The molecular formula is C20H27ClO2. The summed E-state index contributed by atoms with van der Waals surface area (Å²) in [5, 5.41) is 9.93. The molecule has 0 aromatic carbocycles. The molecule has 4 rings (SSSR count). The molecule has 126 valence electrons. The highest BCUT2D eigenvalue weighted by atomic mass is 35.5. The van der Waals surface area contributed by atoms with E-state index in [9.17, 15) is 9.90 Å². The first-order valence-electron chi connectivity index (χ1n) is 9.28. The highest BCUT2D eigenvalue weighted by Crippen LogP contribution is 2.63. The molecule has 0 bridgehead atoms. The first-order valence-corrected chi connectivity index (χ1v) is 9.66. The van der Waals surface area contributed by atoms with Crippen molar-refractivity contribution in [2.45, 2.75) is 58.3 Å². The Morgan fingerprint density at radius 2 is 2.00 bits per heavy atom. The number of Topliss-reactive ketones (excluding diaryl/α,β-unsaturated/α-hetero) is 1. The average molecular weight is 335 g/mol. The first-order chi connectivity index (χ1) is 11.1. The monoisotopic (exact) mass is 334 g/mol. The summed E-state index contributed by atoms with van der Waals surface area (Å²) in [7, 11) is 0. The highest BCUT2D eigenvalue weighted by molar-refractivity contribution is 6.43. The Morgan fingerprint density at radius 1 is 1.17 bits per heavy atom. The fourth-order valence-corrected chi connectivity index (χ4v) is 6.86. The van der Waals surface area contributed by atoms with Gasteiger partial charge >= 0.3 is 0 Å². The van der Waals surface area contributed by atoms with Gasteiger partial charge in [-0.1, -0.05) is 30.2 Å². The largest absolute Gasteiger partial charge is 0.392 e. The molecule has 3 heteroatoms. The lowest BCUT2D eigenvalue weighted by Gasteiger charge is -2.53. The van der Waals surface area contributed by atoms with Crippen LogP contribution in [0.15, 0.2) is 22.3 Å². The minimum atomic E-state index is 0.172. The van der Waals surface area contributed by atoms with Crippen molar-refractivity contribution in [1.29, 1.82) is 0 Å². The highest BCUT2D eigenvalue weighted by Gasteiger charge is 2.54. The maximum absolute atomic E-state index is 11.9. The maximum Gasteiger partial charge on any atom is 0.174 e. The molecule has 0 radical (unpaired) electrons. The van der Waals surface area contributed by atoms with Gasteiger partial charge in [0.2, 0.25) is 0 Å².